The highest BCUT2D eigenvalue weighted by atomic mass is 79.9. The molecule has 0 N–H and O–H groups in total. The Morgan fingerprint density at radius 2 is 1.93 bits per heavy atom. The summed E-state index contributed by atoms with van der Waals surface area (Å²) in [5.41, 5.74) is 0. The van der Waals surface area contributed by atoms with Gasteiger partial charge in [-0.05, 0) is 29.5 Å². The summed E-state index contributed by atoms with van der Waals surface area (Å²) < 4.78 is 6.65. The summed E-state index contributed by atoms with van der Waals surface area (Å²) in [5, 5.41) is 0.684. The first-order chi connectivity index (χ1) is 6.68. The zero-order valence-electron chi connectivity index (χ0n) is 8.50. The van der Waals surface area contributed by atoms with Crippen molar-refractivity contribution in [2.45, 2.75) is 19.1 Å². The first-order valence-electron chi connectivity index (χ1n) is 4.68. The van der Waals surface area contributed by atoms with Gasteiger partial charge >= 0.3 is 0 Å². The fourth-order valence-electron chi connectivity index (χ4n) is 0.974. The minimum atomic E-state index is 0.684. The van der Waals surface area contributed by atoms with E-state index in [1.165, 1.54) is 0 Å². The maximum atomic E-state index is 5.57. The van der Waals surface area contributed by atoms with Gasteiger partial charge in [0.25, 0.3) is 0 Å². The molecule has 0 atom stereocenters. The SMILES string of the molecule is CC(C)SCCOc1ccc(Br)cc1. The van der Waals surface area contributed by atoms with E-state index in [4.69, 9.17) is 4.74 Å². The highest BCUT2D eigenvalue weighted by molar-refractivity contribution is 9.10. The van der Waals surface area contributed by atoms with E-state index in [1.807, 2.05) is 36.0 Å². The zero-order valence-corrected chi connectivity index (χ0v) is 10.9. The Hall–Kier alpha value is -0.150. The molecule has 0 saturated heterocycles. The first kappa shape index (κ1) is 11.9. The van der Waals surface area contributed by atoms with Crippen molar-refractivity contribution in [2.24, 2.45) is 0 Å². The lowest BCUT2D eigenvalue weighted by Gasteiger charge is -2.07. The summed E-state index contributed by atoms with van der Waals surface area (Å²) in [6, 6.07) is 7.93. The van der Waals surface area contributed by atoms with E-state index >= 15 is 0 Å². The molecular weight excluding hydrogens is 260 g/mol. The van der Waals surface area contributed by atoms with Gasteiger partial charge < -0.3 is 4.74 Å². The summed E-state index contributed by atoms with van der Waals surface area (Å²) in [5.74, 6) is 1.99. The van der Waals surface area contributed by atoms with Gasteiger partial charge in [0.05, 0.1) is 6.61 Å². The number of rotatable bonds is 5. The monoisotopic (exact) mass is 274 g/mol. The maximum absolute atomic E-state index is 5.57. The number of thioether (sulfide) groups is 1. The van der Waals surface area contributed by atoms with Gasteiger partial charge in [0, 0.05) is 10.2 Å². The molecule has 1 aromatic carbocycles. The third-order valence-electron chi connectivity index (χ3n) is 1.62. The van der Waals surface area contributed by atoms with Gasteiger partial charge in [-0.1, -0.05) is 29.8 Å². The number of benzene rings is 1. The molecule has 0 heterocycles. The van der Waals surface area contributed by atoms with E-state index in [-0.39, 0.29) is 0 Å². The molecule has 0 spiro atoms. The van der Waals surface area contributed by atoms with Crippen LogP contribution in [0.25, 0.3) is 0 Å². The largest absolute Gasteiger partial charge is 0.493 e. The van der Waals surface area contributed by atoms with Gasteiger partial charge in [-0.15, -0.1) is 0 Å². The molecule has 0 amide bonds. The minimum Gasteiger partial charge on any atom is -0.493 e. The van der Waals surface area contributed by atoms with Gasteiger partial charge in [0.15, 0.2) is 0 Å². The van der Waals surface area contributed by atoms with Crippen molar-refractivity contribution in [2.75, 3.05) is 12.4 Å². The topological polar surface area (TPSA) is 9.23 Å². The lowest BCUT2D eigenvalue weighted by molar-refractivity contribution is 0.344. The summed E-state index contributed by atoms with van der Waals surface area (Å²) in [6.07, 6.45) is 0. The quantitative estimate of drug-likeness (QED) is 0.752. The summed E-state index contributed by atoms with van der Waals surface area (Å²) in [4.78, 5) is 0. The minimum absolute atomic E-state index is 0.684. The lowest BCUT2D eigenvalue weighted by atomic mass is 10.3. The molecule has 1 nitrogen and oxygen atoms in total. The molecule has 0 aromatic heterocycles. The smallest absolute Gasteiger partial charge is 0.119 e. The Labute approximate surface area is 98.4 Å². The fourth-order valence-corrected chi connectivity index (χ4v) is 1.89. The Kier molecular flexibility index (Phi) is 5.41. The Morgan fingerprint density at radius 3 is 2.50 bits per heavy atom. The van der Waals surface area contributed by atoms with Crippen molar-refractivity contribution in [1.82, 2.24) is 0 Å². The van der Waals surface area contributed by atoms with Crippen LogP contribution in [0.3, 0.4) is 0 Å². The average molecular weight is 275 g/mol. The van der Waals surface area contributed by atoms with E-state index in [1.54, 1.807) is 0 Å². The van der Waals surface area contributed by atoms with Crippen LogP contribution in [-0.2, 0) is 0 Å². The number of ether oxygens (including phenoxy) is 1. The van der Waals surface area contributed by atoms with Crippen LogP contribution in [-0.4, -0.2) is 17.6 Å². The number of hydrogen-bond acceptors (Lipinski definition) is 2. The summed E-state index contributed by atoms with van der Waals surface area (Å²) in [7, 11) is 0. The molecule has 0 unspecified atom stereocenters. The highest BCUT2D eigenvalue weighted by Gasteiger charge is 1.96. The highest BCUT2D eigenvalue weighted by Crippen LogP contribution is 2.16. The molecule has 78 valence electrons. The van der Waals surface area contributed by atoms with Crippen LogP contribution in [0.4, 0.5) is 0 Å². The molecule has 1 aromatic rings. The van der Waals surface area contributed by atoms with Gasteiger partial charge in [0.2, 0.25) is 0 Å². The van der Waals surface area contributed by atoms with Gasteiger partial charge in [0.1, 0.15) is 5.75 Å². The molecule has 0 aliphatic carbocycles. The Bertz CT molecular complexity index is 258. The average Bonchev–Trinajstić information content (AvgIpc) is 2.15. The Morgan fingerprint density at radius 1 is 1.29 bits per heavy atom. The van der Waals surface area contributed by atoms with Crippen molar-refractivity contribution >= 4 is 27.7 Å². The summed E-state index contributed by atoms with van der Waals surface area (Å²) >= 11 is 5.31. The van der Waals surface area contributed by atoms with Crippen molar-refractivity contribution in [3.63, 3.8) is 0 Å². The van der Waals surface area contributed by atoms with Crippen molar-refractivity contribution < 1.29 is 4.74 Å². The first-order valence-corrected chi connectivity index (χ1v) is 6.52. The van der Waals surface area contributed by atoms with Crippen LogP contribution in [0.1, 0.15) is 13.8 Å². The molecule has 0 aliphatic rings. The van der Waals surface area contributed by atoms with Crippen LogP contribution in [0, 0.1) is 0 Å². The molecule has 1 rings (SSSR count). The number of halogens is 1. The molecule has 0 bridgehead atoms. The van der Waals surface area contributed by atoms with Crippen LogP contribution in [0.15, 0.2) is 28.7 Å². The van der Waals surface area contributed by atoms with E-state index in [0.29, 0.717) is 5.25 Å². The third-order valence-corrected chi connectivity index (χ3v) is 3.21. The number of hydrogen-bond donors (Lipinski definition) is 0. The normalized spacial score (nSPS) is 10.6. The second-order valence-electron chi connectivity index (χ2n) is 3.22. The van der Waals surface area contributed by atoms with Crippen molar-refractivity contribution in [3.8, 4) is 5.75 Å². The molecule has 0 aliphatic heterocycles. The van der Waals surface area contributed by atoms with Gasteiger partial charge in [-0.25, -0.2) is 0 Å². The predicted molar refractivity (Wildman–Crippen MR) is 67.2 cm³/mol. The van der Waals surface area contributed by atoms with Crippen LogP contribution >= 0.6 is 27.7 Å². The molecular formula is C11H15BrOS. The van der Waals surface area contributed by atoms with Crippen LogP contribution in [0.5, 0.6) is 5.75 Å². The third kappa shape index (κ3) is 4.91. The van der Waals surface area contributed by atoms with E-state index in [9.17, 15) is 0 Å². The predicted octanol–water partition coefficient (Wildman–Crippen LogP) is 3.97. The lowest BCUT2D eigenvalue weighted by Crippen LogP contribution is -2.02. The van der Waals surface area contributed by atoms with Crippen LogP contribution < -0.4 is 4.74 Å². The van der Waals surface area contributed by atoms with E-state index in [0.717, 1.165) is 22.6 Å². The van der Waals surface area contributed by atoms with Gasteiger partial charge in [-0.2, -0.15) is 11.8 Å². The molecule has 0 radical (unpaired) electrons. The molecule has 14 heavy (non-hydrogen) atoms. The van der Waals surface area contributed by atoms with Crippen molar-refractivity contribution in [3.05, 3.63) is 28.7 Å². The van der Waals surface area contributed by atoms with Crippen LogP contribution in [0.2, 0.25) is 0 Å². The maximum Gasteiger partial charge on any atom is 0.119 e. The molecule has 0 fully saturated rings. The second-order valence-corrected chi connectivity index (χ2v) is 5.82. The standard InChI is InChI=1S/C11H15BrOS/c1-9(2)14-8-7-13-11-5-3-10(12)4-6-11/h3-6,9H,7-8H2,1-2H3. The summed E-state index contributed by atoms with van der Waals surface area (Å²) in [6.45, 7) is 5.18. The second kappa shape index (κ2) is 6.36. The van der Waals surface area contributed by atoms with Crippen molar-refractivity contribution in [1.29, 1.82) is 0 Å². The van der Waals surface area contributed by atoms with E-state index in [2.05, 4.69) is 29.8 Å². The molecule has 0 saturated carbocycles. The molecule has 3 heteroatoms. The fraction of sp³-hybridized carbons (Fsp3) is 0.455. The zero-order chi connectivity index (χ0) is 10.4. The van der Waals surface area contributed by atoms with E-state index < -0.39 is 0 Å². The Balaban J connectivity index is 2.21. The van der Waals surface area contributed by atoms with Gasteiger partial charge in [-0.3, -0.25) is 0 Å².